The largest absolute Gasteiger partial charge is 0.410 e. The molecule has 0 radical (unpaired) electrons. The van der Waals surface area contributed by atoms with Crippen molar-refractivity contribution < 1.29 is 18.8 Å². The number of oxime groups is 1. The molecule has 0 atom stereocenters. The number of aryl methyl sites for hydroxylation is 1. The minimum absolute atomic E-state index is 0.0337. The van der Waals surface area contributed by atoms with Crippen molar-refractivity contribution in [3.63, 3.8) is 0 Å². The predicted molar refractivity (Wildman–Crippen MR) is 65.6 cm³/mol. The lowest BCUT2D eigenvalue weighted by Crippen LogP contribution is -2.05. The van der Waals surface area contributed by atoms with Gasteiger partial charge in [-0.3, -0.25) is 4.57 Å². The number of hydrogen-bond acceptors (Lipinski definition) is 5. The Balaban J connectivity index is 2.70. The van der Waals surface area contributed by atoms with Crippen LogP contribution >= 0.6 is 7.60 Å². The number of hydrogen-bond donors (Lipinski definition) is 1. The monoisotopic (exact) mass is 257 g/mol. The lowest BCUT2D eigenvalue weighted by molar-refractivity contribution is 0.282. The highest BCUT2D eigenvalue weighted by Gasteiger charge is 2.29. The van der Waals surface area contributed by atoms with Crippen molar-refractivity contribution in [3.8, 4) is 0 Å². The number of nitrogens with zero attached hydrogens (tertiary/aromatic N) is 1. The maximum atomic E-state index is 12.0. The van der Waals surface area contributed by atoms with Crippen LogP contribution in [-0.2, 0) is 20.0 Å². The summed E-state index contributed by atoms with van der Waals surface area (Å²) in [6.45, 7) is 0. The van der Waals surface area contributed by atoms with Gasteiger partial charge >= 0.3 is 7.60 Å². The number of rotatable bonds is 6. The molecule has 94 valence electrons. The Morgan fingerprint density at radius 3 is 2.35 bits per heavy atom. The second-order valence-corrected chi connectivity index (χ2v) is 5.61. The topological polar surface area (TPSA) is 68.1 Å². The van der Waals surface area contributed by atoms with Gasteiger partial charge in [-0.2, -0.15) is 0 Å². The van der Waals surface area contributed by atoms with Crippen LogP contribution in [0.2, 0.25) is 0 Å². The van der Waals surface area contributed by atoms with E-state index in [2.05, 4.69) is 5.16 Å². The summed E-state index contributed by atoms with van der Waals surface area (Å²) in [7, 11) is -0.904. The molecule has 6 heteroatoms. The van der Waals surface area contributed by atoms with Gasteiger partial charge in [-0.15, -0.1) is 0 Å². The van der Waals surface area contributed by atoms with E-state index in [0.717, 1.165) is 5.56 Å². The zero-order chi connectivity index (χ0) is 12.7. The Labute approximate surface area is 101 Å². The van der Waals surface area contributed by atoms with Crippen LogP contribution in [0.3, 0.4) is 0 Å². The molecule has 1 aromatic rings. The fourth-order valence-electron chi connectivity index (χ4n) is 1.43. The van der Waals surface area contributed by atoms with Gasteiger partial charge in [0, 0.05) is 20.6 Å². The molecule has 17 heavy (non-hydrogen) atoms. The van der Waals surface area contributed by atoms with Gasteiger partial charge in [0.15, 0.2) is 5.45 Å². The molecular formula is C11H16NO4P. The predicted octanol–water partition coefficient (Wildman–Crippen LogP) is 2.89. The van der Waals surface area contributed by atoms with Crippen molar-refractivity contribution in [3.05, 3.63) is 35.9 Å². The molecule has 1 rings (SSSR count). The Morgan fingerprint density at radius 2 is 1.88 bits per heavy atom. The lowest BCUT2D eigenvalue weighted by atomic mass is 10.1. The van der Waals surface area contributed by atoms with Crippen LogP contribution in [0, 0.1) is 0 Å². The smallest absolute Gasteiger partial charge is 0.378 e. The molecule has 0 heterocycles. The van der Waals surface area contributed by atoms with Crippen molar-refractivity contribution in [2.24, 2.45) is 5.16 Å². The third-order valence-corrected chi connectivity index (χ3v) is 4.30. The van der Waals surface area contributed by atoms with Crippen LogP contribution in [0.5, 0.6) is 0 Å². The van der Waals surface area contributed by atoms with E-state index < -0.39 is 7.60 Å². The third-order valence-electron chi connectivity index (χ3n) is 2.39. The molecule has 1 N–H and O–H groups in total. The van der Waals surface area contributed by atoms with Crippen molar-refractivity contribution in [1.29, 1.82) is 0 Å². The second-order valence-electron chi connectivity index (χ2n) is 3.36. The third kappa shape index (κ3) is 3.66. The summed E-state index contributed by atoms with van der Waals surface area (Å²) in [4.78, 5) is 0. The van der Waals surface area contributed by atoms with Crippen LogP contribution in [-0.4, -0.2) is 24.9 Å². The highest BCUT2D eigenvalue weighted by atomic mass is 31.2. The molecule has 0 unspecified atom stereocenters. The van der Waals surface area contributed by atoms with Crippen LogP contribution in [0.15, 0.2) is 35.5 Å². The highest BCUT2D eigenvalue weighted by molar-refractivity contribution is 7.72. The minimum Gasteiger partial charge on any atom is -0.410 e. The number of benzene rings is 1. The molecule has 0 aliphatic heterocycles. The Bertz CT molecular complexity index is 411. The molecule has 0 bridgehead atoms. The van der Waals surface area contributed by atoms with Crippen LogP contribution in [0.25, 0.3) is 0 Å². The van der Waals surface area contributed by atoms with E-state index >= 15 is 0 Å². The van der Waals surface area contributed by atoms with Gasteiger partial charge < -0.3 is 14.3 Å². The Morgan fingerprint density at radius 1 is 1.29 bits per heavy atom. The van der Waals surface area contributed by atoms with E-state index in [1.165, 1.54) is 14.2 Å². The molecule has 0 aliphatic carbocycles. The van der Waals surface area contributed by atoms with Gasteiger partial charge in [-0.25, -0.2) is 0 Å². The molecule has 0 spiro atoms. The average Bonchev–Trinajstić information content (AvgIpc) is 2.40. The van der Waals surface area contributed by atoms with Gasteiger partial charge in [0.25, 0.3) is 0 Å². The first-order valence-corrected chi connectivity index (χ1v) is 6.67. The molecule has 0 aromatic heterocycles. The fraction of sp³-hybridized carbons (Fsp3) is 0.364. The molecule has 0 amide bonds. The van der Waals surface area contributed by atoms with E-state index in [1.807, 2.05) is 30.3 Å². The summed E-state index contributed by atoms with van der Waals surface area (Å²) in [6.07, 6.45) is 0.927. The summed E-state index contributed by atoms with van der Waals surface area (Å²) in [5.41, 5.74) is 1.10. The van der Waals surface area contributed by atoms with Gasteiger partial charge in [0.05, 0.1) is 0 Å². The first kappa shape index (κ1) is 13.9. The molecular weight excluding hydrogens is 241 g/mol. The highest BCUT2D eigenvalue weighted by Crippen LogP contribution is 2.49. The Hall–Kier alpha value is -1.16. The fourth-order valence-corrected chi connectivity index (χ4v) is 2.49. The van der Waals surface area contributed by atoms with E-state index in [4.69, 9.17) is 14.3 Å². The molecule has 1 aromatic carbocycles. The zero-order valence-corrected chi connectivity index (χ0v) is 10.8. The average molecular weight is 257 g/mol. The summed E-state index contributed by atoms with van der Waals surface area (Å²) < 4.78 is 21.5. The molecule has 0 fully saturated rings. The summed E-state index contributed by atoms with van der Waals surface area (Å²) in [5.74, 6) is 0. The molecule has 0 saturated heterocycles. The van der Waals surface area contributed by atoms with Crippen LogP contribution < -0.4 is 0 Å². The van der Waals surface area contributed by atoms with Crippen molar-refractivity contribution in [2.75, 3.05) is 14.2 Å². The molecule has 0 saturated carbocycles. The summed E-state index contributed by atoms with van der Waals surface area (Å²) in [6, 6.07) is 9.63. The van der Waals surface area contributed by atoms with Crippen molar-refractivity contribution >= 4 is 13.0 Å². The zero-order valence-electron chi connectivity index (χ0n) is 9.87. The van der Waals surface area contributed by atoms with Crippen molar-refractivity contribution in [1.82, 2.24) is 0 Å². The van der Waals surface area contributed by atoms with E-state index in [1.54, 1.807) is 0 Å². The van der Waals surface area contributed by atoms with Crippen LogP contribution in [0.1, 0.15) is 12.0 Å². The van der Waals surface area contributed by atoms with Gasteiger partial charge in [-0.1, -0.05) is 35.5 Å². The van der Waals surface area contributed by atoms with Crippen LogP contribution in [0.4, 0.5) is 0 Å². The summed E-state index contributed by atoms with van der Waals surface area (Å²) in [5, 5.41) is 11.9. The van der Waals surface area contributed by atoms with Gasteiger partial charge in [0.2, 0.25) is 0 Å². The summed E-state index contributed by atoms with van der Waals surface area (Å²) >= 11 is 0. The normalized spacial score (nSPS) is 12.7. The van der Waals surface area contributed by atoms with Gasteiger partial charge in [-0.05, 0) is 12.0 Å². The molecule has 0 aliphatic rings. The second kappa shape index (κ2) is 6.55. The maximum absolute atomic E-state index is 12.0. The van der Waals surface area contributed by atoms with E-state index in [0.29, 0.717) is 12.8 Å². The first-order valence-electron chi connectivity index (χ1n) is 5.13. The quantitative estimate of drug-likeness (QED) is 0.368. The standard InChI is InChI=1S/C11H16NO4P/c1-15-17(14,16-2)11(12-13)9-8-10-6-4-3-5-7-10/h3-7,13H,8-9H2,1-2H3. The Kier molecular flexibility index (Phi) is 5.35. The van der Waals surface area contributed by atoms with E-state index in [-0.39, 0.29) is 5.45 Å². The maximum Gasteiger partial charge on any atom is 0.378 e. The molecule has 5 nitrogen and oxygen atoms in total. The van der Waals surface area contributed by atoms with Crippen molar-refractivity contribution in [2.45, 2.75) is 12.8 Å². The minimum atomic E-state index is -3.43. The van der Waals surface area contributed by atoms with Gasteiger partial charge in [0.1, 0.15) is 0 Å². The SMILES string of the molecule is COP(=O)(OC)C(CCc1ccccc1)=NO. The first-order chi connectivity index (χ1) is 8.16. The lowest BCUT2D eigenvalue weighted by Gasteiger charge is -2.14. The van der Waals surface area contributed by atoms with E-state index in [9.17, 15) is 4.57 Å².